The van der Waals surface area contributed by atoms with Gasteiger partial charge in [0.15, 0.2) is 0 Å². The highest BCUT2D eigenvalue weighted by atomic mass is 16.3. The number of anilines is 1. The van der Waals surface area contributed by atoms with Gasteiger partial charge >= 0.3 is 0 Å². The van der Waals surface area contributed by atoms with Gasteiger partial charge in [0.25, 0.3) is 0 Å². The molecular weight excluding hydrogens is 262 g/mol. The monoisotopic (exact) mass is 287 g/mol. The van der Waals surface area contributed by atoms with Crippen molar-refractivity contribution >= 4 is 16.8 Å². The molecule has 21 heavy (non-hydrogen) atoms. The number of rotatable bonds is 5. The third-order valence-corrected chi connectivity index (χ3v) is 4.26. The van der Waals surface area contributed by atoms with Crippen molar-refractivity contribution in [3.8, 4) is 0 Å². The lowest BCUT2D eigenvalue weighted by atomic mass is 9.96. The number of pyridine rings is 1. The number of nitrogens with one attached hydrogen (secondary N) is 1. The van der Waals surface area contributed by atoms with Crippen LogP contribution < -0.4 is 10.2 Å². The van der Waals surface area contributed by atoms with Gasteiger partial charge in [-0.15, -0.1) is 0 Å². The van der Waals surface area contributed by atoms with Gasteiger partial charge in [0.05, 0.1) is 11.6 Å². The zero-order valence-electron chi connectivity index (χ0n) is 13.0. The molecule has 1 aliphatic rings. The molecule has 0 unspecified atom stereocenters. The third kappa shape index (κ3) is 3.38. The minimum Gasteiger partial charge on any atom is -0.464 e. The molecule has 3 rings (SSSR count). The molecule has 1 saturated heterocycles. The zero-order valence-corrected chi connectivity index (χ0v) is 13.0. The van der Waals surface area contributed by atoms with Crippen LogP contribution in [0.5, 0.6) is 0 Å². The lowest BCUT2D eigenvalue weighted by Crippen LogP contribution is -2.38. The van der Waals surface area contributed by atoms with Crippen LogP contribution in [0.25, 0.3) is 11.0 Å². The standard InChI is InChI=1S/C17H25N3O/c1-13(2)11-18-12-14-4-8-20(9-5-14)17-15-6-10-21-16(15)3-7-19-17/h3,6-7,10,13-14,18H,4-5,8-9,11-12H2,1-2H3. The van der Waals surface area contributed by atoms with E-state index in [-0.39, 0.29) is 0 Å². The summed E-state index contributed by atoms with van der Waals surface area (Å²) in [7, 11) is 0. The number of aromatic nitrogens is 1. The third-order valence-electron chi connectivity index (χ3n) is 4.26. The van der Waals surface area contributed by atoms with Gasteiger partial charge in [-0.2, -0.15) is 0 Å². The molecule has 0 saturated carbocycles. The average Bonchev–Trinajstić information content (AvgIpc) is 2.96. The topological polar surface area (TPSA) is 41.3 Å². The number of nitrogens with zero attached hydrogens (tertiary/aromatic N) is 2. The summed E-state index contributed by atoms with van der Waals surface area (Å²) in [5.41, 5.74) is 0.931. The summed E-state index contributed by atoms with van der Waals surface area (Å²) in [6.45, 7) is 8.96. The van der Waals surface area contributed by atoms with Gasteiger partial charge < -0.3 is 14.6 Å². The van der Waals surface area contributed by atoms with E-state index in [4.69, 9.17) is 4.42 Å². The molecule has 0 bridgehead atoms. The first kappa shape index (κ1) is 14.4. The van der Waals surface area contributed by atoms with E-state index in [9.17, 15) is 0 Å². The fourth-order valence-corrected chi connectivity index (χ4v) is 3.06. The summed E-state index contributed by atoms with van der Waals surface area (Å²) in [5, 5.41) is 4.72. The predicted octanol–water partition coefficient (Wildman–Crippen LogP) is 3.29. The first-order valence-corrected chi connectivity index (χ1v) is 8.02. The molecule has 0 atom stereocenters. The highest BCUT2D eigenvalue weighted by Gasteiger charge is 2.21. The molecule has 1 fully saturated rings. The van der Waals surface area contributed by atoms with Crippen LogP contribution in [0.15, 0.2) is 29.0 Å². The minimum atomic E-state index is 0.730. The van der Waals surface area contributed by atoms with E-state index < -0.39 is 0 Å². The average molecular weight is 287 g/mol. The normalized spacial score (nSPS) is 17.0. The number of piperidine rings is 1. The van der Waals surface area contributed by atoms with Crippen molar-refractivity contribution in [1.82, 2.24) is 10.3 Å². The predicted molar refractivity (Wildman–Crippen MR) is 86.7 cm³/mol. The Hall–Kier alpha value is -1.55. The maximum atomic E-state index is 5.47. The van der Waals surface area contributed by atoms with Crippen molar-refractivity contribution in [3.63, 3.8) is 0 Å². The fourth-order valence-electron chi connectivity index (χ4n) is 3.06. The largest absolute Gasteiger partial charge is 0.464 e. The van der Waals surface area contributed by atoms with E-state index in [1.807, 2.05) is 18.3 Å². The molecule has 4 nitrogen and oxygen atoms in total. The Morgan fingerprint density at radius 2 is 2.14 bits per heavy atom. The summed E-state index contributed by atoms with van der Waals surface area (Å²) in [4.78, 5) is 6.96. The van der Waals surface area contributed by atoms with Crippen LogP contribution in [0.3, 0.4) is 0 Å². The first-order chi connectivity index (χ1) is 10.2. The van der Waals surface area contributed by atoms with Crippen molar-refractivity contribution < 1.29 is 4.42 Å². The molecule has 114 valence electrons. The minimum absolute atomic E-state index is 0.730. The van der Waals surface area contributed by atoms with Crippen molar-refractivity contribution in [1.29, 1.82) is 0 Å². The van der Waals surface area contributed by atoms with Crippen LogP contribution in [-0.2, 0) is 0 Å². The second-order valence-electron chi connectivity index (χ2n) is 6.45. The maximum Gasteiger partial charge on any atom is 0.139 e. The molecule has 0 radical (unpaired) electrons. The Morgan fingerprint density at radius 3 is 2.90 bits per heavy atom. The SMILES string of the molecule is CC(C)CNCC1CCN(c2nccc3occc23)CC1. The van der Waals surface area contributed by atoms with E-state index in [2.05, 4.69) is 29.0 Å². The van der Waals surface area contributed by atoms with Crippen LogP contribution in [0.1, 0.15) is 26.7 Å². The quantitative estimate of drug-likeness (QED) is 0.916. The molecule has 2 aromatic rings. The van der Waals surface area contributed by atoms with Crippen LogP contribution in [0, 0.1) is 11.8 Å². The molecule has 0 aliphatic carbocycles. The van der Waals surface area contributed by atoms with Gasteiger partial charge in [-0.3, -0.25) is 0 Å². The molecule has 0 aromatic carbocycles. The lowest BCUT2D eigenvalue weighted by molar-refractivity contribution is 0.373. The number of hydrogen-bond acceptors (Lipinski definition) is 4. The summed E-state index contributed by atoms with van der Waals surface area (Å²) in [5.74, 6) is 2.60. The van der Waals surface area contributed by atoms with Crippen molar-refractivity contribution in [3.05, 3.63) is 24.6 Å². The van der Waals surface area contributed by atoms with Crippen LogP contribution in [0.4, 0.5) is 5.82 Å². The number of furan rings is 1. The van der Waals surface area contributed by atoms with Crippen molar-refractivity contribution in [2.45, 2.75) is 26.7 Å². The second kappa shape index (κ2) is 6.48. The Morgan fingerprint density at radius 1 is 1.33 bits per heavy atom. The molecule has 2 aromatic heterocycles. The Kier molecular flexibility index (Phi) is 4.44. The molecule has 0 amide bonds. The van der Waals surface area contributed by atoms with Gasteiger partial charge in [0.1, 0.15) is 11.4 Å². The van der Waals surface area contributed by atoms with Crippen molar-refractivity contribution in [2.75, 3.05) is 31.1 Å². The van der Waals surface area contributed by atoms with Crippen molar-refractivity contribution in [2.24, 2.45) is 11.8 Å². The Labute approximate surface area is 126 Å². The summed E-state index contributed by atoms with van der Waals surface area (Å²) in [6, 6.07) is 3.95. The lowest BCUT2D eigenvalue weighted by Gasteiger charge is -2.33. The van der Waals surface area contributed by atoms with Crippen LogP contribution in [-0.4, -0.2) is 31.2 Å². The summed E-state index contributed by atoms with van der Waals surface area (Å²) in [6.07, 6.45) is 6.07. The molecular formula is C17H25N3O. The Balaban J connectivity index is 1.57. The molecule has 4 heteroatoms. The molecule has 1 aliphatic heterocycles. The van der Waals surface area contributed by atoms with E-state index in [1.54, 1.807) is 6.26 Å². The van der Waals surface area contributed by atoms with Gasteiger partial charge in [0.2, 0.25) is 0 Å². The van der Waals surface area contributed by atoms with Gasteiger partial charge in [-0.1, -0.05) is 13.8 Å². The van der Waals surface area contributed by atoms with Gasteiger partial charge in [0, 0.05) is 19.3 Å². The summed E-state index contributed by atoms with van der Waals surface area (Å²) < 4.78 is 5.47. The van der Waals surface area contributed by atoms with E-state index >= 15 is 0 Å². The fraction of sp³-hybridized carbons (Fsp3) is 0.588. The zero-order chi connectivity index (χ0) is 14.7. The van der Waals surface area contributed by atoms with E-state index in [0.29, 0.717) is 0 Å². The van der Waals surface area contributed by atoms with Crippen LogP contribution >= 0.6 is 0 Å². The van der Waals surface area contributed by atoms with E-state index in [1.165, 1.54) is 12.8 Å². The van der Waals surface area contributed by atoms with Gasteiger partial charge in [-0.25, -0.2) is 4.98 Å². The maximum absolute atomic E-state index is 5.47. The smallest absolute Gasteiger partial charge is 0.139 e. The van der Waals surface area contributed by atoms with E-state index in [0.717, 1.165) is 54.8 Å². The summed E-state index contributed by atoms with van der Waals surface area (Å²) >= 11 is 0. The highest BCUT2D eigenvalue weighted by molar-refractivity contribution is 5.88. The Bertz CT molecular complexity index is 570. The van der Waals surface area contributed by atoms with Gasteiger partial charge in [-0.05, 0) is 49.9 Å². The highest BCUT2D eigenvalue weighted by Crippen LogP contribution is 2.28. The first-order valence-electron chi connectivity index (χ1n) is 8.02. The molecule has 1 N–H and O–H groups in total. The van der Waals surface area contributed by atoms with Crippen LogP contribution in [0.2, 0.25) is 0 Å². The number of fused-ring (bicyclic) bond motifs is 1. The second-order valence-corrected chi connectivity index (χ2v) is 6.45. The molecule has 0 spiro atoms. The molecule has 3 heterocycles. The number of hydrogen-bond donors (Lipinski definition) is 1.